The summed E-state index contributed by atoms with van der Waals surface area (Å²) in [5.41, 5.74) is 2.80. The Kier molecular flexibility index (Phi) is 3.60. The molecular formula is C13H19Cl. The minimum absolute atomic E-state index is 0.173. The molecule has 0 aliphatic rings. The summed E-state index contributed by atoms with van der Waals surface area (Å²) in [5, 5.41) is 0.199. The quantitative estimate of drug-likeness (QED) is 0.643. The van der Waals surface area contributed by atoms with Crippen LogP contribution in [0.3, 0.4) is 0 Å². The third-order valence-corrected chi connectivity index (χ3v) is 3.28. The second-order valence-electron chi connectivity index (χ2n) is 5.02. The summed E-state index contributed by atoms with van der Waals surface area (Å²) < 4.78 is 0. The number of hydrogen-bond donors (Lipinski definition) is 0. The molecular weight excluding hydrogens is 192 g/mol. The highest BCUT2D eigenvalue weighted by molar-refractivity contribution is 6.21. The van der Waals surface area contributed by atoms with Crippen molar-refractivity contribution in [2.24, 2.45) is 5.41 Å². The van der Waals surface area contributed by atoms with Crippen molar-refractivity contribution in [3.05, 3.63) is 35.4 Å². The lowest BCUT2D eigenvalue weighted by Gasteiger charge is -2.25. The Bertz CT molecular complexity index is 279. The van der Waals surface area contributed by atoms with E-state index in [1.165, 1.54) is 11.1 Å². The number of alkyl halides is 1. The van der Waals surface area contributed by atoms with E-state index in [1.807, 2.05) is 0 Å². The van der Waals surface area contributed by atoms with Gasteiger partial charge in [0.15, 0.2) is 0 Å². The first kappa shape index (κ1) is 11.6. The molecule has 0 fully saturated rings. The first-order valence-electron chi connectivity index (χ1n) is 5.09. The van der Waals surface area contributed by atoms with Crippen LogP contribution in [0, 0.1) is 12.3 Å². The maximum absolute atomic E-state index is 6.33. The third-order valence-electron chi connectivity index (χ3n) is 2.48. The van der Waals surface area contributed by atoms with Gasteiger partial charge in [0.25, 0.3) is 0 Å². The van der Waals surface area contributed by atoms with Gasteiger partial charge in [-0.05, 0) is 24.3 Å². The van der Waals surface area contributed by atoms with Crippen molar-refractivity contribution in [2.45, 2.75) is 39.5 Å². The molecule has 0 saturated heterocycles. The maximum Gasteiger partial charge on any atom is 0.0424 e. The number of aryl methyl sites for hydroxylation is 1. The Morgan fingerprint density at radius 1 is 1.14 bits per heavy atom. The molecule has 0 aromatic heterocycles. The van der Waals surface area contributed by atoms with Gasteiger partial charge in [-0.1, -0.05) is 50.6 Å². The fraction of sp³-hybridized carbons (Fsp3) is 0.538. The molecule has 0 N–H and O–H groups in total. The second-order valence-corrected chi connectivity index (χ2v) is 5.55. The highest BCUT2D eigenvalue weighted by Crippen LogP contribution is 2.27. The van der Waals surface area contributed by atoms with E-state index in [4.69, 9.17) is 11.6 Å². The molecule has 1 aromatic carbocycles. The first-order valence-corrected chi connectivity index (χ1v) is 5.53. The summed E-state index contributed by atoms with van der Waals surface area (Å²) >= 11 is 6.33. The normalized spacial score (nSPS) is 14.1. The molecule has 1 unspecified atom stereocenters. The van der Waals surface area contributed by atoms with E-state index in [1.54, 1.807) is 0 Å². The topological polar surface area (TPSA) is 0 Å². The molecule has 0 radical (unpaired) electrons. The van der Waals surface area contributed by atoms with Gasteiger partial charge in [0.2, 0.25) is 0 Å². The van der Waals surface area contributed by atoms with Crippen LogP contribution in [0.1, 0.15) is 31.9 Å². The monoisotopic (exact) mass is 210 g/mol. The summed E-state index contributed by atoms with van der Waals surface area (Å²) in [6.45, 7) is 8.64. The van der Waals surface area contributed by atoms with Gasteiger partial charge >= 0.3 is 0 Å². The predicted octanol–water partition coefficient (Wildman–Crippen LogP) is 4.19. The van der Waals surface area contributed by atoms with Crippen LogP contribution in [0.2, 0.25) is 0 Å². The van der Waals surface area contributed by atoms with Crippen LogP contribution in [-0.2, 0) is 6.42 Å². The van der Waals surface area contributed by atoms with E-state index in [9.17, 15) is 0 Å². The Morgan fingerprint density at radius 3 is 2.07 bits per heavy atom. The zero-order chi connectivity index (χ0) is 10.8. The molecule has 0 saturated carbocycles. The number of halogens is 1. The average molecular weight is 211 g/mol. The van der Waals surface area contributed by atoms with Crippen molar-refractivity contribution < 1.29 is 0 Å². The van der Waals surface area contributed by atoms with Gasteiger partial charge < -0.3 is 0 Å². The molecule has 78 valence electrons. The molecule has 14 heavy (non-hydrogen) atoms. The molecule has 0 spiro atoms. The fourth-order valence-electron chi connectivity index (χ4n) is 1.24. The van der Waals surface area contributed by atoms with Crippen LogP contribution in [0.25, 0.3) is 0 Å². The zero-order valence-electron chi connectivity index (χ0n) is 9.47. The smallest absolute Gasteiger partial charge is 0.0424 e. The Balaban J connectivity index is 2.65. The standard InChI is InChI=1S/C13H19Cl/c1-10-5-7-11(8-6-10)9-12(14)13(2,3)4/h5-8,12H,9H2,1-4H3. The van der Waals surface area contributed by atoms with Gasteiger partial charge in [0.1, 0.15) is 0 Å². The van der Waals surface area contributed by atoms with E-state index in [2.05, 4.69) is 52.0 Å². The molecule has 1 aromatic rings. The molecule has 0 bridgehead atoms. The maximum atomic E-state index is 6.33. The number of rotatable bonds is 2. The zero-order valence-corrected chi connectivity index (χ0v) is 10.2. The Hall–Kier alpha value is -0.490. The summed E-state index contributed by atoms with van der Waals surface area (Å²) in [6, 6.07) is 8.61. The van der Waals surface area contributed by atoms with Crippen LogP contribution < -0.4 is 0 Å². The Morgan fingerprint density at radius 2 is 1.64 bits per heavy atom. The van der Waals surface area contributed by atoms with Crippen LogP contribution in [0.5, 0.6) is 0 Å². The lowest BCUT2D eigenvalue weighted by atomic mass is 9.88. The van der Waals surface area contributed by atoms with E-state index in [0.717, 1.165) is 6.42 Å². The predicted molar refractivity (Wildman–Crippen MR) is 64.0 cm³/mol. The summed E-state index contributed by atoms with van der Waals surface area (Å²) in [7, 11) is 0. The highest BCUT2D eigenvalue weighted by atomic mass is 35.5. The van der Waals surface area contributed by atoms with Gasteiger partial charge in [0, 0.05) is 5.38 Å². The first-order chi connectivity index (χ1) is 6.39. The van der Waals surface area contributed by atoms with Crippen molar-refractivity contribution in [3.8, 4) is 0 Å². The van der Waals surface area contributed by atoms with E-state index >= 15 is 0 Å². The van der Waals surface area contributed by atoms with Crippen molar-refractivity contribution in [2.75, 3.05) is 0 Å². The van der Waals surface area contributed by atoms with Gasteiger partial charge in [-0.15, -0.1) is 11.6 Å². The van der Waals surface area contributed by atoms with Gasteiger partial charge in [-0.25, -0.2) is 0 Å². The van der Waals surface area contributed by atoms with E-state index in [-0.39, 0.29) is 10.8 Å². The molecule has 0 amide bonds. The van der Waals surface area contributed by atoms with Gasteiger partial charge in [-0.2, -0.15) is 0 Å². The number of benzene rings is 1. The summed E-state index contributed by atoms with van der Waals surface area (Å²) in [5.74, 6) is 0. The molecule has 0 aliphatic heterocycles. The van der Waals surface area contributed by atoms with Crippen LogP contribution in [0.4, 0.5) is 0 Å². The SMILES string of the molecule is Cc1ccc(CC(Cl)C(C)(C)C)cc1. The highest BCUT2D eigenvalue weighted by Gasteiger charge is 2.22. The lowest BCUT2D eigenvalue weighted by Crippen LogP contribution is -2.22. The summed E-state index contributed by atoms with van der Waals surface area (Å²) in [4.78, 5) is 0. The molecule has 1 atom stereocenters. The molecule has 1 heteroatoms. The minimum Gasteiger partial charge on any atom is -0.122 e. The van der Waals surface area contributed by atoms with E-state index < -0.39 is 0 Å². The molecule has 0 aliphatic carbocycles. The van der Waals surface area contributed by atoms with Gasteiger partial charge in [0.05, 0.1) is 0 Å². The van der Waals surface area contributed by atoms with Crippen LogP contribution in [0.15, 0.2) is 24.3 Å². The van der Waals surface area contributed by atoms with E-state index in [0.29, 0.717) is 0 Å². The van der Waals surface area contributed by atoms with Crippen molar-refractivity contribution in [1.82, 2.24) is 0 Å². The van der Waals surface area contributed by atoms with Crippen LogP contribution in [-0.4, -0.2) is 5.38 Å². The second kappa shape index (κ2) is 4.35. The molecule has 1 rings (SSSR count). The van der Waals surface area contributed by atoms with Gasteiger partial charge in [-0.3, -0.25) is 0 Å². The van der Waals surface area contributed by atoms with Crippen molar-refractivity contribution in [1.29, 1.82) is 0 Å². The lowest BCUT2D eigenvalue weighted by molar-refractivity contribution is 0.386. The molecule has 0 heterocycles. The average Bonchev–Trinajstić information content (AvgIpc) is 2.07. The summed E-state index contributed by atoms with van der Waals surface area (Å²) in [6.07, 6.45) is 0.950. The minimum atomic E-state index is 0.173. The fourth-order valence-corrected chi connectivity index (χ4v) is 1.42. The third kappa shape index (κ3) is 3.34. The largest absolute Gasteiger partial charge is 0.122 e. The number of hydrogen-bond acceptors (Lipinski definition) is 0. The van der Waals surface area contributed by atoms with Crippen molar-refractivity contribution in [3.63, 3.8) is 0 Å². The molecule has 0 nitrogen and oxygen atoms in total. The van der Waals surface area contributed by atoms with Crippen LogP contribution >= 0.6 is 11.6 Å². The Labute approximate surface area is 92.3 Å². The van der Waals surface area contributed by atoms with Crippen molar-refractivity contribution >= 4 is 11.6 Å².